The molecule has 0 atom stereocenters. The number of anilines is 1. The van der Waals surface area contributed by atoms with Crippen molar-refractivity contribution >= 4 is 5.69 Å². The minimum absolute atomic E-state index is 0.304. The molecule has 0 bridgehead atoms. The maximum absolute atomic E-state index is 12.5. The van der Waals surface area contributed by atoms with Gasteiger partial charge in [0.25, 0.3) is 0 Å². The summed E-state index contributed by atoms with van der Waals surface area (Å²) in [7, 11) is 1.61. The van der Waals surface area contributed by atoms with E-state index in [2.05, 4.69) is 15.7 Å². The molecule has 7 heteroatoms. The van der Waals surface area contributed by atoms with E-state index in [0.29, 0.717) is 31.5 Å². The van der Waals surface area contributed by atoms with E-state index in [0.717, 1.165) is 11.4 Å². The number of rotatable bonds is 4. The van der Waals surface area contributed by atoms with E-state index in [4.69, 9.17) is 4.74 Å². The number of alkyl halides is 3. The van der Waals surface area contributed by atoms with Gasteiger partial charge in [-0.05, 0) is 42.7 Å². The fraction of sp³-hybridized carbons (Fsp3) is 0.350. The molecule has 0 N–H and O–H groups in total. The first-order chi connectivity index (χ1) is 12.9. The number of hydrogen-bond acceptors (Lipinski definition) is 4. The first-order valence-electron chi connectivity index (χ1n) is 8.52. The highest BCUT2D eigenvalue weighted by Gasteiger charge is 2.38. The molecule has 2 aromatic rings. The Morgan fingerprint density at radius 3 is 2.41 bits per heavy atom. The Hall–Kier alpha value is -2.88. The van der Waals surface area contributed by atoms with Crippen molar-refractivity contribution in [2.75, 3.05) is 25.1 Å². The molecule has 1 aliphatic rings. The summed E-state index contributed by atoms with van der Waals surface area (Å²) in [5.74, 6) is 0.448. The summed E-state index contributed by atoms with van der Waals surface area (Å²) in [4.78, 5) is 2.13. The van der Waals surface area contributed by atoms with Crippen LogP contribution in [-0.4, -0.2) is 26.6 Å². The number of para-hydroxylation sites is 2. The van der Waals surface area contributed by atoms with E-state index < -0.39 is 11.8 Å². The van der Waals surface area contributed by atoms with Crippen LogP contribution in [0.4, 0.5) is 18.9 Å². The first-order valence-corrected chi connectivity index (χ1v) is 8.52. The zero-order valence-corrected chi connectivity index (χ0v) is 14.8. The Balaban J connectivity index is 1.81. The van der Waals surface area contributed by atoms with Crippen molar-refractivity contribution in [3.05, 3.63) is 54.1 Å². The number of methoxy groups -OCH3 is 1. The summed E-state index contributed by atoms with van der Waals surface area (Å²) in [6.07, 6.45) is -3.76. The SMILES string of the molecule is COc1ccccc1N1CCC(C#N)(c2cccc(OC(F)(F)F)c2)CC1. The summed E-state index contributed by atoms with van der Waals surface area (Å²) in [5.41, 5.74) is 0.649. The van der Waals surface area contributed by atoms with Crippen LogP contribution in [0.3, 0.4) is 0 Å². The minimum atomic E-state index is -4.76. The average molecular weight is 376 g/mol. The summed E-state index contributed by atoms with van der Waals surface area (Å²) in [6, 6.07) is 15.7. The maximum atomic E-state index is 12.5. The monoisotopic (exact) mass is 376 g/mol. The van der Waals surface area contributed by atoms with Gasteiger partial charge in [-0.2, -0.15) is 5.26 Å². The predicted octanol–water partition coefficient (Wildman–Crippen LogP) is 4.66. The van der Waals surface area contributed by atoms with Crippen LogP contribution in [0.15, 0.2) is 48.5 Å². The van der Waals surface area contributed by atoms with Crippen LogP contribution in [0.2, 0.25) is 0 Å². The second kappa shape index (κ2) is 7.39. The topological polar surface area (TPSA) is 45.5 Å². The van der Waals surface area contributed by atoms with Crippen molar-refractivity contribution in [1.29, 1.82) is 5.26 Å². The average Bonchev–Trinajstić information content (AvgIpc) is 2.67. The van der Waals surface area contributed by atoms with E-state index in [-0.39, 0.29) is 5.75 Å². The second-order valence-corrected chi connectivity index (χ2v) is 6.43. The van der Waals surface area contributed by atoms with E-state index in [1.807, 2.05) is 24.3 Å². The lowest BCUT2D eigenvalue weighted by atomic mass is 9.74. The van der Waals surface area contributed by atoms with Crippen LogP contribution < -0.4 is 14.4 Å². The zero-order chi connectivity index (χ0) is 19.5. The molecular weight excluding hydrogens is 357 g/mol. The molecule has 3 rings (SSSR count). The lowest BCUT2D eigenvalue weighted by molar-refractivity contribution is -0.274. The van der Waals surface area contributed by atoms with Crippen molar-refractivity contribution in [1.82, 2.24) is 0 Å². The van der Waals surface area contributed by atoms with E-state index in [9.17, 15) is 18.4 Å². The number of nitrogens with zero attached hydrogens (tertiary/aromatic N) is 2. The van der Waals surface area contributed by atoms with Crippen LogP contribution in [-0.2, 0) is 5.41 Å². The lowest BCUT2D eigenvalue weighted by Crippen LogP contribution is -2.42. The largest absolute Gasteiger partial charge is 0.573 e. The van der Waals surface area contributed by atoms with Crippen LogP contribution in [0.1, 0.15) is 18.4 Å². The fourth-order valence-electron chi connectivity index (χ4n) is 3.48. The van der Waals surface area contributed by atoms with Crippen LogP contribution in [0.25, 0.3) is 0 Å². The van der Waals surface area contributed by atoms with Crippen LogP contribution in [0.5, 0.6) is 11.5 Å². The van der Waals surface area contributed by atoms with E-state index in [1.54, 1.807) is 13.2 Å². The van der Waals surface area contributed by atoms with Gasteiger partial charge in [-0.15, -0.1) is 13.2 Å². The second-order valence-electron chi connectivity index (χ2n) is 6.43. The summed E-state index contributed by atoms with van der Waals surface area (Å²) >= 11 is 0. The van der Waals surface area contributed by atoms with Gasteiger partial charge in [0, 0.05) is 13.1 Å². The zero-order valence-electron chi connectivity index (χ0n) is 14.8. The third-order valence-electron chi connectivity index (χ3n) is 4.88. The molecule has 0 saturated carbocycles. The fourth-order valence-corrected chi connectivity index (χ4v) is 3.48. The van der Waals surface area contributed by atoms with Gasteiger partial charge in [-0.3, -0.25) is 0 Å². The molecule has 0 amide bonds. The normalized spacial score (nSPS) is 16.5. The highest BCUT2D eigenvalue weighted by molar-refractivity contribution is 5.59. The smallest absolute Gasteiger partial charge is 0.495 e. The molecule has 0 aromatic heterocycles. The van der Waals surface area contributed by atoms with Crippen LogP contribution >= 0.6 is 0 Å². The molecule has 2 aromatic carbocycles. The van der Waals surface area contributed by atoms with Gasteiger partial charge in [0.1, 0.15) is 11.5 Å². The molecule has 0 aliphatic carbocycles. The van der Waals surface area contributed by atoms with E-state index >= 15 is 0 Å². The Bertz CT molecular complexity index is 838. The first kappa shape index (κ1) is 18.9. The molecule has 0 unspecified atom stereocenters. The predicted molar refractivity (Wildman–Crippen MR) is 94.9 cm³/mol. The van der Waals surface area contributed by atoms with Gasteiger partial charge in [-0.1, -0.05) is 24.3 Å². The summed E-state index contributed by atoms with van der Waals surface area (Å²) in [5, 5.41) is 9.82. The van der Waals surface area contributed by atoms with Gasteiger partial charge in [0.05, 0.1) is 24.3 Å². The van der Waals surface area contributed by atoms with E-state index in [1.165, 1.54) is 18.2 Å². The van der Waals surface area contributed by atoms with Crippen molar-refractivity contribution in [3.63, 3.8) is 0 Å². The van der Waals surface area contributed by atoms with Gasteiger partial charge in [0.2, 0.25) is 0 Å². The number of ether oxygens (including phenoxy) is 2. The number of halogens is 3. The molecule has 0 radical (unpaired) electrons. The maximum Gasteiger partial charge on any atom is 0.573 e. The Morgan fingerprint density at radius 1 is 1.07 bits per heavy atom. The van der Waals surface area contributed by atoms with Crippen LogP contribution in [0, 0.1) is 11.3 Å². The quantitative estimate of drug-likeness (QED) is 0.779. The number of nitriles is 1. The molecule has 1 aliphatic heterocycles. The van der Waals surface area contributed by atoms with Gasteiger partial charge in [-0.25, -0.2) is 0 Å². The molecule has 4 nitrogen and oxygen atoms in total. The third-order valence-corrected chi connectivity index (χ3v) is 4.88. The van der Waals surface area contributed by atoms with Crippen molar-refractivity contribution in [2.45, 2.75) is 24.6 Å². The Kier molecular flexibility index (Phi) is 5.17. The van der Waals surface area contributed by atoms with Gasteiger partial charge >= 0.3 is 6.36 Å². The molecule has 0 spiro atoms. The highest BCUT2D eigenvalue weighted by Crippen LogP contribution is 2.40. The van der Waals surface area contributed by atoms with Crippen molar-refractivity contribution in [2.24, 2.45) is 0 Å². The van der Waals surface area contributed by atoms with Gasteiger partial charge < -0.3 is 14.4 Å². The van der Waals surface area contributed by atoms with Crippen molar-refractivity contribution in [3.8, 4) is 17.6 Å². The summed E-state index contributed by atoms with van der Waals surface area (Å²) < 4.78 is 46.9. The highest BCUT2D eigenvalue weighted by atomic mass is 19.4. The summed E-state index contributed by atoms with van der Waals surface area (Å²) in [6.45, 7) is 1.19. The molecule has 27 heavy (non-hydrogen) atoms. The van der Waals surface area contributed by atoms with Gasteiger partial charge in [0.15, 0.2) is 0 Å². The van der Waals surface area contributed by atoms with Crippen molar-refractivity contribution < 1.29 is 22.6 Å². The number of piperidine rings is 1. The molecular formula is C20H19F3N2O2. The Morgan fingerprint density at radius 2 is 1.78 bits per heavy atom. The molecule has 142 valence electrons. The third kappa shape index (κ3) is 4.11. The minimum Gasteiger partial charge on any atom is -0.495 e. The standard InChI is InChI=1S/C20H19F3N2O2/c1-26-18-8-3-2-7-17(18)25-11-9-19(14-24,10-12-25)15-5-4-6-16(13-15)27-20(21,22)23/h2-8,13H,9-12H2,1H3. The molecule has 1 heterocycles. The Labute approximate surface area is 155 Å². The number of hydrogen-bond donors (Lipinski definition) is 0. The molecule has 1 saturated heterocycles. The number of benzene rings is 2. The lowest BCUT2D eigenvalue weighted by Gasteiger charge is -2.39. The molecule has 1 fully saturated rings.